The van der Waals surface area contributed by atoms with Gasteiger partial charge in [-0.05, 0) is 25.7 Å². The molecule has 0 bridgehead atoms. The van der Waals surface area contributed by atoms with Crippen molar-refractivity contribution in [3.63, 3.8) is 0 Å². The van der Waals surface area contributed by atoms with Crippen molar-refractivity contribution in [2.24, 2.45) is 0 Å². The Hall–Kier alpha value is -0.560. The molecular formula is C9H13N2OP. The van der Waals surface area contributed by atoms with E-state index in [1.54, 1.807) is 6.20 Å². The molecule has 2 fully saturated rings. The zero-order valence-corrected chi connectivity index (χ0v) is 8.33. The number of aromatic nitrogens is 2. The van der Waals surface area contributed by atoms with Gasteiger partial charge in [-0.1, -0.05) is 0 Å². The summed E-state index contributed by atoms with van der Waals surface area (Å²) in [6.07, 6.45) is 8.25. The van der Waals surface area contributed by atoms with Gasteiger partial charge < -0.3 is 4.57 Å². The third kappa shape index (κ3) is 1.10. The Balaban J connectivity index is 2.03. The van der Waals surface area contributed by atoms with Gasteiger partial charge in [-0.3, -0.25) is 5.10 Å². The van der Waals surface area contributed by atoms with Crippen LogP contribution in [0.15, 0.2) is 12.4 Å². The smallest absolute Gasteiger partial charge is 0.124 e. The molecule has 0 amide bonds. The number of nitrogens with one attached hydrogen (secondary N) is 1. The average molecular weight is 196 g/mol. The topological polar surface area (TPSA) is 45.8 Å². The number of rotatable bonds is 3. The fourth-order valence-electron chi connectivity index (χ4n) is 2.07. The van der Waals surface area contributed by atoms with E-state index in [2.05, 4.69) is 10.2 Å². The van der Waals surface area contributed by atoms with Gasteiger partial charge in [0.2, 0.25) is 0 Å². The van der Waals surface area contributed by atoms with E-state index in [1.807, 2.05) is 6.20 Å². The maximum atomic E-state index is 12.7. The van der Waals surface area contributed by atoms with Crippen LogP contribution in [0.4, 0.5) is 0 Å². The van der Waals surface area contributed by atoms with Gasteiger partial charge in [-0.25, -0.2) is 0 Å². The highest BCUT2D eigenvalue weighted by Crippen LogP contribution is 2.69. The highest BCUT2D eigenvalue weighted by atomic mass is 31.2. The second kappa shape index (κ2) is 2.48. The van der Waals surface area contributed by atoms with Crippen LogP contribution < -0.4 is 5.30 Å². The van der Waals surface area contributed by atoms with Gasteiger partial charge in [-0.15, -0.1) is 0 Å². The van der Waals surface area contributed by atoms with Gasteiger partial charge >= 0.3 is 0 Å². The number of aromatic amines is 1. The summed E-state index contributed by atoms with van der Waals surface area (Å²) >= 11 is 0. The summed E-state index contributed by atoms with van der Waals surface area (Å²) in [6.45, 7) is 0. The van der Waals surface area contributed by atoms with Gasteiger partial charge in [0.25, 0.3) is 0 Å². The minimum absolute atomic E-state index is 0.498. The fourth-order valence-corrected chi connectivity index (χ4v) is 5.84. The number of nitrogens with zero attached hydrogens (tertiary/aromatic N) is 1. The third-order valence-corrected chi connectivity index (χ3v) is 7.32. The molecule has 2 aliphatic carbocycles. The summed E-state index contributed by atoms with van der Waals surface area (Å²) in [5, 5.41) is 7.69. The van der Waals surface area contributed by atoms with E-state index in [0.717, 1.165) is 5.30 Å². The first kappa shape index (κ1) is 7.81. The van der Waals surface area contributed by atoms with Gasteiger partial charge in [0, 0.05) is 22.8 Å². The maximum Gasteiger partial charge on any atom is 0.124 e. The molecule has 0 radical (unpaired) electrons. The quantitative estimate of drug-likeness (QED) is 0.748. The highest BCUT2D eigenvalue weighted by molar-refractivity contribution is 7.73. The predicted molar refractivity (Wildman–Crippen MR) is 51.9 cm³/mol. The van der Waals surface area contributed by atoms with Crippen LogP contribution in [0.2, 0.25) is 0 Å². The van der Waals surface area contributed by atoms with Gasteiger partial charge in [-0.2, -0.15) is 5.10 Å². The summed E-state index contributed by atoms with van der Waals surface area (Å²) in [7, 11) is -2.04. The second-order valence-electron chi connectivity index (χ2n) is 4.13. The van der Waals surface area contributed by atoms with Crippen molar-refractivity contribution < 1.29 is 4.57 Å². The van der Waals surface area contributed by atoms with Crippen LogP contribution in [0.3, 0.4) is 0 Å². The Morgan fingerprint density at radius 2 is 1.92 bits per heavy atom. The lowest BCUT2D eigenvalue weighted by Crippen LogP contribution is -2.09. The lowest BCUT2D eigenvalue weighted by atomic mass is 10.7. The molecule has 70 valence electrons. The van der Waals surface area contributed by atoms with Gasteiger partial charge in [0.1, 0.15) is 7.14 Å². The summed E-state index contributed by atoms with van der Waals surface area (Å²) in [5.41, 5.74) is 0.996. The van der Waals surface area contributed by atoms with E-state index < -0.39 is 7.14 Å². The molecule has 2 saturated carbocycles. The van der Waals surface area contributed by atoms with Crippen LogP contribution in [0, 0.1) is 0 Å². The van der Waals surface area contributed by atoms with Gasteiger partial charge in [0.15, 0.2) is 0 Å². The molecule has 1 aromatic heterocycles. The molecule has 2 aliphatic rings. The average Bonchev–Trinajstić information content (AvgIpc) is 3.01. The molecule has 1 aromatic rings. The van der Waals surface area contributed by atoms with Crippen molar-refractivity contribution in [3.8, 4) is 0 Å². The first-order chi connectivity index (χ1) is 6.32. The summed E-state index contributed by atoms with van der Waals surface area (Å²) in [5.74, 6) is 0. The van der Waals surface area contributed by atoms with Crippen LogP contribution in [0.1, 0.15) is 25.7 Å². The second-order valence-corrected chi connectivity index (χ2v) is 7.52. The van der Waals surface area contributed by atoms with Crippen LogP contribution >= 0.6 is 7.14 Å². The molecule has 13 heavy (non-hydrogen) atoms. The van der Waals surface area contributed by atoms with E-state index in [9.17, 15) is 4.57 Å². The largest absolute Gasteiger partial charge is 0.318 e. The van der Waals surface area contributed by atoms with E-state index in [-0.39, 0.29) is 0 Å². The van der Waals surface area contributed by atoms with Crippen LogP contribution in [0.25, 0.3) is 0 Å². The lowest BCUT2D eigenvalue weighted by Gasteiger charge is -2.14. The summed E-state index contributed by atoms with van der Waals surface area (Å²) in [4.78, 5) is 0. The van der Waals surface area contributed by atoms with E-state index >= 15 is 0 Å². The SMILES string of the molecule is O=P(c1cn[nH]c1)(C1CC1)C1CC1. The summed E-state index contributed by atoms with van der Waals surface area (Å²) in [6, 6.07) is 0. The first-order valence-corrected chi connectivity index (χ1v) is 6.75. The molecule has 3 nitrogen and oxygen atoms in total. The van der Waals surface area contributed by atoms with Crippen molar-refractivity contribution >= 4 is 12.4 Å². The normalized spacial score (nSPS) is 23.4. The number of H-pyrrole nitrogens is 1. The molecule has 0 aromatic carbocycles. The molecule has 0 unspecified atom stereocenters. The molecular weight excluding hydrogens is 183 g/mol. The van der Waals surface area contributed by atoms with E-state index in [0.29, 0.717) is 11.3 Å². The number of hydrogen-bond donors (Lipinski definition) is 1. The van der Waals surface area contributed by atoms with Crippen molar-refractivity contribution in [1.82, 2.24) is 10.2 Å². The Kier molecular flexibility index (Phi) is 1.49. The minimum Gasteiger partial charge on any atom is -0.318 e. The zero-order valence-electron chi connectivity index (χ0n) is 7.44. The molecule has 3 rings (SSSR count). The Morgan fingerprint density at radius 3 is 2.31 bits per heavy atom. The highest BCUT2D eigenvalue weighted by Gasteiger charge is 2.52. The predicted octanol–water partition coefficient (Wildman–Crippen LogP) is 1.72. The molecule has 0 atom stereocenters. The van der Waals surface area contributed by atoms with Crippen molar-refractivity contribution in [1.29, 1.82) is 0 Å². The third-order valence-electron chi connectivity index (χ3n) is 3.07. The number of hydrogen-bond acceptors (Lipinski definition) is 2. The van der Waals surface area contributed by atoms with Crippen LogP contribution in [-0.4, -0.2) is 21.5 Å². The first-order valence-electron chi connectivity index (χ1n) is 4.90. The van der Waals surface area contributed by atoms with Gasteiger partial charge in [0.05, 0.1) is 6.20 Å². The van der Waals surface area contributed by atoms with Crippen LogP contribution in [0.5, 0.6) is 0 Å². The van der Waals surface area contributed by atoms with Crippen molar-refractivity contribution in [2.45, 2.75) is 37.0 Å². The molecule has 4 heteroatoms. The lowest BCUT2D eigenvalue weighted by molar-refractivity contribution is 0.579. The molecule has 1 N–H and O–H groups in total. The zero-order chi connectivity index (χ0) is 8.89. The summed E-state index contributed by atoms with van der Waals surface area (Å²) < 4.78 is 12.7. The molecule has 0 aliphatic heterocycles. The Morgan fingerprint density at radius 1 is 1.31 bits per heavy atom. The molecule has 1 heterocycles. The Labute approximate surface area is 77.3 Å². The standard InChI is InChI=1S/C9H13N2OP/c12-13(7-1-2-7,8-3-4-8)9-5-10-11-6-9/h5-8H,1-4H2,(H,10,11). The molecule has 0 saturated heterocycles. The fraction of sp³-hybridized carbons (Fsp3) is 0.667. The minimum atomic E-state index is -2.04. The molecule has 0 spiro atoms. The monoisotopic (exact) mass is 196 g/mol. The van der Waals surface area contributed by atoms with E-state index in [1.165, 1.54) is 25.7 Å². The van der Waals surface area contributed by atoms with Crippen LogP contribution in [-0.2, 0) is 4.57 Å². The Bertz CT molecular complexity index is 336. The van der Waals surface area contributed by atoms with Crippen molar-refractivity contribution in [2.75, 3.05) is 0 Å². The van der Waals surface area contributed by atoms with E-state index in [4.69, 9.17) is 0 Å². The maximum absolute atomic E-state index is 12.7. The van der Waals surface area contributed by atoms with Crippen molar-refractivity contribution in [3.05, 3.63) is 12.4 Å².